The molecule has 0 bridgehead atoms. The van der Waals surface area contributed by atoms with Gasteiger partial charge < -0.3 is 14.6 Å². The molecular formula is C14H16O4S. The molecule has 0 atom stereocenters. The summed E-state index contributed by atoms with van der Waals surface area (Å²) in [7, 11) is 0. The maximum absolute atomic E-state index is 11.7. The van der Waals surface area contributed by atoms with Gasteiger partial charge in [-0.3, -0.25) is 4.79 Å². The third kappa shape index (κ3) is 1.87. The average Bonchev–Trinajstić information content (AvgIpc) is 2.36. The van der Waals surface area contributed by atoms with Crippen molar-refractivity contribution >= 4 is 17.7 Å². The molecule has 19 heavy (non-hydrogen) atoms. The Bertz CT molecular complexity index is 522. The SMILES string of the molecule is CSc1cc2c(cc1C1(C(=O)O)CCC1)OCCO2. The van der Waals surface area contributed by atoms with Crippen molar-refractivity contribution in [1.29, 1.82) is 0 Å². The zero-order chi connectivity index (χ0) is 13.5. The lowest BCUT2D eigenvalue weighted by Gasteiger charge is -2.39. The quantitative estimate of drug-likeness (QED) is 0.863. The molecule has 0 aromatic heterocycles. The van der Waals surface area contributed by atoms with E-state index in [-0.39, 0.29) is 0 Å². The summed E-state index contributed by atoms with van der Waals surface area (Å²) >= 11 is 1.56. The first-order chi connectivity index (χ1) is 9.17. The van der Waals surface area contributed by atoms with Gasteiger partial charge in [0.1, 0.15) is 13.2 Å². The number of carboxylic acid groups (broad SMARTS) is 1. The van der Waals surface area contributed by atoms with E-state index in [0.29, 0.717) is 31.8 Å². The lowest BCUT2D eigenvalue weighted by atomic mass is 9.64. The minimum Gasteiger partial charge on any atom is -0.486 e. The molecule has 5 heteroatoms. The number of aliphatic carboxylic acids is 1. The maximum atomic E-state index is 11.7. The van der Waals surface area contributed by atoms with E-state index in [1.165, 1.54) is 0 Å². The summed E-state index contributed by atoms with van der Waals surface area (Å²) in [4.78, 5) is 12.6. The molecule has 4 nitrogen and oxygen atoms in total. The minimum absolute atomic E-state index is 0.519. The number of carbonyl (C=O) groups is 1. The van der Waals surface area contributed by atoms with Crippen molar-refractivity contribution in [3.8, 4) is 11.5 Å². The number of hydrogen-bond donors (Lipinski definition) is 1. The van der Waals surface area contributed by atoms with Gasteiger partial charge in [-0.25, -0.2) is 0 Å². The van der Waals surface area contributed by atoms with E-state index < -0.39 is 11.4 Å². The second-order valence-corrected chi connectivity index (χ2v) is 5.79. The van der Waals surface area contributed by atoms with Gasteiger partial charge in [0.15, 0.2) is 11.5 Å². The minimum atomic E-state index is -0.731. The molecule has 1 fully saturated rings. The fourth-order valence-electron chi connectivity index (χ4n) is 2.74. The normalized spacial score (nSPS) is 19.6. The van der Waals surface area contributed by atoms with Crippen LogP contribution in [0.2, 0.25) is 0 Å². The van der Waals surface area contributed by atoms with Crippen LogP contribution in [0.25, 0.3) is 0 Å². The molecule has 1 aromatic rings. The van der Waals surface area contributed by atoms with Crippen LogP contribution in [-0.4, -0.2) is 30.5 Å². The third-order valence-corrected chi connectivity index (χ3v) is 4.77. The molecule has 3 rings (SSSR count). The van der Waals surface area contributed by atoms with Gasteiger partial charge in [0.2, 0.25) is 0 Å². The Morgan fingerprint density at radius 3 is 2.37 bits per heavy atom. The summed E-state index contributed by atoms with van der Waals surface area (Å²) in [5.74, 6) is 0.663. The van der Waals surface area contributed by atoms with Gasteiger partial charge in [0.25, 0.3) is 0 Å². The Hall–Kier alpha value is -1.36. The Balaban J connectivity index is 2.11. The molecule has 0 saturated heterocycles. The van der Waals surface area contributed by atoms with Crippen LogP contribution < -0.4 is 9.47 Å². The Morgan fingerprint density at radius 2 is 1.89 bits per heavy atom. The van der Waals surface area contributed by atoms with Crippen molar-refractivity contribution in [3.05, 3.63) is 17.7 Å². The third-order valence-electron chi connectivity index (χ3n) is 4.00. The fourth-order valence-corrected chi connectivity index (χ4v) is 3.44. The van der Waals surface area contributed by atoms with Crippen LogP contribution >= 0.6 is 11.8 Å². The molecule has 102 valence electrons. The van der Waals surface area contributed by atoms with Gasteiger partial charge in [0.05, 0.1) is 5.41 Å². The van der Waals surface area contributed by atoms with Crippen molar-refractivity contribution in [1.82, 2.24) is 0 Å². The van der Waals surface area contributed by atoms with Crippen molar-refractivity contribution in [2.75, 3.05) is 19.5 Å². The fraction of sp³-hybridized carbons (Fsp3) is 0.500. The molecule has 0 unspecified atom stereocenters. The van der Waals surface area contributed by atoms with Crippen LogP contribution in [0.1, 0.15) is 24.8 Å². The van der Waals surface area contributed by atoms with E-state index in [4.69, 9.17) is 9.47 Å². The number of benzene rings is 1. The summed E-state index contributed by atoms with van der Waals surface area (Å²) in [5.41, 5.74) is 0.150. The van der Waals surface area contributed by atoms with E-state index in [1.807, 2.05) is 18.4 Å². The zero-order valence-corrected chi connectivity index (χ0v) is 11.6. The zero-order valence-electron chi connectivity index (χ0n) is 10.8. The van der Waals surface area contributed by atoms with Gasteiger partial charge in [-0.05, 0) is 36.8 Å². The molecular weight excluding hydrogens is 264 g/mol. The van der Waals surface area contributed by atoms with Gasteiger partial charge in [-0.15, -0.1) is 11.8 Å². The van der Waals surface area contributed by atoms with E-state index >= 15 is 0 Å². The summed E-state index contributed by atoms with van der Waals surface area (Å²) in [6.07, 6.45) is 4.34. The van der Waals surface area contributed by atoms with Crippen LogP contribution in [0.3, 0.4) is 0 Å². The molecule has 1 aromatic carbocycles. The number of ether oxygens (including phenoxy) is 2. The summed E-state index contributed by atoms with van der Waals surface area (Å²) < 4.78 is 11.1. The second-order valence-electron chi connectivity index (χ2n) is 4.94. The number of rotatable bonds is 3. The highest BCUT2D eigenvalue weighted by molar-refractivity contribution is 7.98. The lowest BCUT2D eigenvalue weighted by molar-refractivity contribution is -0.147. The van der Waals surface area contributed by atoms with Crippen LogP contribution in [0, 0.1) is 0 Å². The largest absolute Gasteiger partial charge is 0.486 e. The highest BCUT2D eigenvalue weighted by Crippen LogP contribution is 2.50. The molecule has 1 saturated carbocycles. The molecule has 0 radical (unpaired) electrons. The smallest absolute Gasteiger partial charge is 0.314 e. The van der Waals surface area contributed by atoms with Gasteiger partial charge >= 0.3 is 5.97 Å². The van der Waals surface area contributed by atoms with E-state index in [2.05, 4.69) is 0 Å². The van der Waals surface area contributed by atoms with Crippen LogP contribution in [-0.2, 0) is 10.2 Å². The van der Waals surface area contributed by atoms with Gasteiger partial charge in [0, 0.05) is 4.90 Å². The first-order valence-corrected chi connectivity index (χ1v) is 7.61. The second kappa shape index (κ2) is 4.63. The van der Waals surface area contributed by atoms with Crippen molar-refractivity contribution < 1.29 is 19.4 Å². The lowest BCUT2D eigenvalue weighted by Crippen LogP contribution is -2.42. The van der Waals surface area contributed by atoms with E-state index in [0.717, 1.165) is 22.6 Å². The number of fused-ring (bicyclic) bond motifs is 1. The van der Waals surface area contributed by atoms with Crippen LogP contribution in [0.15, 0.2) is 17.0 Å². The van der Waals surface area contributed by atoms with Crippen molar-refractivity contribution in [2.45, 2.75) is 29.6 Å². The Labute approximate surface area is 116 Å². The van der Waals surface area contributed by atoms with Gasteiger partial charge in [-0.1, -0.05) is 6.42 Å². The highest BCUT2D eigenvalue weighted by atomic mass is 32.2. The average molecular weight is 280 g/mol. The molecule has 1 N–H and O–H groups in total. The maximum Gasteiger partial charge on any atom is 0.314 e. The Kier molecular flexibility index (Phi) is 3.09. The number of thioether (sulfide) groups is 1. The molecule has 0 amide bonds. The van der Waals surface area contributed by atoms with E-state index in [9.17, 15) is 9.90 Å². The predicted octanol–water partition coefficient (Wildman–Crippen LogP) is 2.69. The summed E-state index contributed by atoms with van der Waals surface area (Å²) in [6, 6.07) is 3.78. The van der Waals surface area contributed by atoms with Crippen molar-refractivity contribution in [3.63, 3.8) is 0 Å². The van der Waals surface area contributed by atoms with E-state index in [1.54, 1.807) is 11.8 Å². The predicted molar refractivity (Wildman–Crippen MR) is 72.4 cm³/mol. The topological polar surface area (TPSA) is 55.8 Å². The first-order valence-electron chi connectivity index (χ1n) is 6.39. The summed E-state index contributed by atoms with van der Waals surface area (Å²) in [6.45, 7) is 1.06. The summed E-state index contributed by atoms with van der Waals surface area (Å²) in [5, 5.41) is 9.58. The Morgan fingerprint density at radius 1 is 1.26 bits per heavy atom. The van der Waals surface area contributed by atoms with Crippen LogP contribution in [0.4, 0.5) is 0 Å². The van der Waals surface area contributed by atoms with Crippen molar-refractivity contribution in [2.24, 2.45) is 0 Å². The molecule has 0 spiro atoms. The number of hydrogen-bond acceptors (Lipinski definition) is 4. The van der Waals surface area contributed by atoms with Gasteiger partial charge in [-0.2, -0.15) is 0 Å². The number of carboxylic acids is 1. The molecule has 2 aliphatic rings. The molecule has 1 aliphatic carbocycles. The highest BCUT2D eigenvalue weighted by Gasteiger charge is 2.47. The monoisotopic (exact) mass is 280 g/mol. The standard InChI is InChI=1S/C14H16O4S/c1-19-12-8-11-10(17-5-6-18-11)7-9(12)14(13(15)16)3-2-4-14/h7-8H,2-6H2,1H3,(H,15,16). The van der Waals surface area contributed by atoms with Crippen LogP contribution in [0.5, 0.6) is 11.5 Å². The molecule has 1 heterocycles. The molecule has 1 aliphatic heterocycles. The first kappa shape index (κ1) is 12.7.